The number of aliphatic hydroxyl groups excluding tert-OH is 1. The Morgan fingerprint density at radius 3 is 3.06 bits per heavy atom. The molecule has 1 aliphatic rings. The van der Waals surface area contributed by atoms with Crippen molar-refractivity contribution in [2.75, 3.05) is 18.0 Å². The Hall–Kier alpha value is -1.09. The summed E-state index contributed by atoms with van der Waals surface area (Å²) in [5.41, 5.74) is 0.941. The third-order valence-corrected chi connectivity index (χ3v) is 3.22. The second-order valence-corrected chi connectivity index (χ2v) is 4.79. The zero-order valence-corrected chi connectivity index (χ0v) is 10.1. The first kappa shape index (κ1) is 11.4. The molecule has 0 aliphatic carbocycles. The summed E-state index contributed by atoms with van der Waals surface area (Å²) in [4.78, 5) is 6.73. The maximum absolute atomic E-state index is 9.73. The van der Waals surface area contributed by atoms with E-state index in [0.29, 0.717) is 0 Å². The van der Waals surface area contributed by atoms with Gasteiger partial charge < -0.3 is 10.0 Å². The largest absolute Gasteiger partial charge is 0.389 e. The Morgan fingerprint density at radius 1 is 1.56 bits per heavy atom. The second-order valence-electron chi connectivity index (χ2n) is 4.79. The van der Waals surface area contributed by atoms with Crippen molar-refractivity contribution < 1.29 is 5.11 Å². The minimum atomic E-state index is -0.444. The number of aromatic nitrogens is 1. The summed E-state index contributed by atoms with van der Waals surface area (Å²) < 4.78 is 0. The summed E-state index contributed by atoms with van der Waals surface area (Å²) in [5, 5.41) is 9.73. The quantitative estimate of drug-likeness (QED) is 0.831. The van der Waals surface area contributed by atoms with E-state index in [-0.39, 0.29) is 0 Å². The summed E-state index contributed by atoms with van der Waals surface area (Å²) in [6.07, 6.45) is 3.88. The van der Waals surface area contributed by atoms with E-state index in [1.54, 1.807) is 13.1 Å². The summed E-state index contributed by atoms with van der Waals surface area (Å²) in [7, 11) is 0. The van der Waals surface area contributed by atoms with E-state index in [9.17, 15) is 5.11 Å². The van der Waals surface area contributed by atoms with Crippen LogP contribution in [0.25, 0.3) is 0 Å². The van der Waals surface area contributed by atoms with Crippen LogP contribution in [0.2, 0.25) is 0 Å². The molecule has 0 spiro atoms. The Bertz CT molecular complexity index is 352. The fraction of sp³-hybridized carbons (Fsp3) is 0.615. The van der Waals surface area contributed by atoms with Crippen molar-refractivity contribution in [1.82, 2.24) is 4.98 Å². The molecule has 2 atom stereocenters. The van der Waals surface area contributed by atoms with Crippen molar-refractivity contribution in [1.29, 1.82) is 0 Å². The predicted molar refractivity (Wildman–Crippen MR) is 65.5 cm³/mol. The number of hydrogen-bond acceptors (Lipinski definition) is 3. The van der Waals surface area contributed by atoms with E-state index in [4.69, 9.17) is 0 Å². The van der Waals surface area contributed by atoms with Gasteiger partial charge in [0.05, 0.1) is 6.10 Å². The molecule has 1 aliphatic heterocycles. The SMILES string of the molecule is CC1CCCN(c2ncccc2[C@H](C)O)C1. The highest BCUT2D eigenvalue weighted by molar-refractivity contribution is 5.48. The van der Waals surface area contributed by atoms with Crippen molar-refractivity contribution in [3.63, 3.8) is 0 Å². The summed E-state index contributed by atoms with van der Waals surface area (Å²) in [5.74, 6) is 1.68. The van der Waals surface area contributed by atoms with Crippen LogP contribution in [-0.2, 0) is 0 Å². The van der Waals surface area contributed by atoms with Gasteiger partial charge in [-0.25, -0.2) is 4.98 Å². The molecule has 0 bridgehead atoms. The van der Waals surface area contributed by atoms with E-state index >= 15 is 0 Å². The average molecular weight is 220 g/mol. The van der Waals surface area contributed by atoms with Gasteiger partial charge in [-0.15, -0.1) is 0 Å². The van der Waals surface area contributed by atoms with Crippen LogP contribution in [0.15, 0.2) is 18.3 Å². The molecule has 0 saturated carbocycles. The van der Waals surface area contributed by atoms with Gasteiger partial charge in [-0.2, -0.15) is 0 Å². The third-order valence-electron chi connectivity index (χ3n) is 3.22. The highest BCUT2D eigenvalue weighted by Crippen LogP contribution is 2.27. The lowest BCUT2D eigenvalue weighted by Crippen LogP contribution is -2.35. The van der Waals surface area contributed by atoms with E-state index in [0.717, 1.165) is 30.4 Å². The molecule has 3 nitrogen and oxygen atoms in total. The smallest absolute Gasteiger partial charge is 0.134 e. The number of rotatable bonds is 2. The highest BCUT2D eigenvalue weighted by Gasteiger charge is 2.20. The highest BCUT2D eigenvalue weighted by atomic mass is 16.3. The lowest BCUT2D eigenvalue weighted by molar-refractivity contribution is 0.199. The second kappa shape index (κ2) is 4.83. The van der Waals surface area contributed by atoms with Gasteiger partial charge in [-0.3, -0.25) is 0 Å². The molecule has 1 aromatic rings. The molecule has 1 N–H and O–H groups in total. The fourth-order valence-corrected chi connectivity index (χ4v) is 2.38. The van der Waals surface area contributed by atoms with Gasteiger partial charge in [-0.05, 0) is 31.7 Å². The predicted octanol–water partition coefficient (Wildman–Crippen LogP) is 2.37. The third kappa shape index (κ3) is 2.35. The van der Waals surface area contributed by atoms with Crippen LogP contribution in [0.5, 0.6) is 0 Å². The number of anilines is 1. The van der Waals surface area contributed by atoms with Crippen LogP contribution >= 0.6 is 0 Å². The van der Waals surface area contributed by atoms with Crippen LogP contribution in [-0.4, -0.2) is 23.2 Å². The molecule has 2 heterocycles. The molecular formula is C13H20N2O. The van der Waals surface area contributed by atoms with Gasteiger partial charge >= 0.3 is 0 Å². The first-order valence-electron chi connectivity index (χ1n) is 6.06. The maximum Gasteiger partial charge on any atom is 0.134 e. The molecule has 0 aromatic carbocycles. The van der Waals surface area contributed by atoms with Gasteiger partial charge in [0.15, 0.2) is 0 Å². The van der Waals surface area contributed by atoms with E-state index in [1.165, 1.54) is 12.8 Å². The van der Waals surface area contributed by atoms with Gasteiger partial charge in [-0.1, -0.05) is 13.0 Å². The molecule has 1 unspecified atom stereocenters. The van der Waals surface area contributed by atoms with Crippen molar-refractivity contribution in [2.45, 2.75) is 32.8 Å². The van der Waals surface area contributed by atoms with E-state index < -0.39 is 6.10 Å². The molecule has 1 fully saturated rings. The van der Waals surface area contributed by atoms with Crippen LogP contribution in [0, 0.1) is 5.92 Å². The topological polar surface area (TPSA) is 36.4 Å². The minimum Gasteiger partial charge on any atom is -0.389 e. The van der Waals surface area contributed by atoms with Crippen LogP contribution in [0.4, 0.5) is 5.82 Å². The van der Waals surface area contributed by atoms with Crippen LogP contribution < -0.4 is 4.90 Å². The summed E-state index contributed by atoms with van der Waals surface area (Å²) >= 11 is 0. The van der Waals surface area contributed by atoms with E-state index in [2.05, 4.69) is 16.8 Å². The van der Waals surface area contributed by atoms with Gasteiger partial charge in [0.2, 0.25) is 0 Å². The van der Waals surface area contributed by atoms with Crippen LogP contribution in [0.3, 0.4) is 0 Å². The van der Waals surface area contributed by atoms with Crippen molar-refractivity contribution in [3.8, 4) is 0 Å². The van der Waals surface area contributed by atoms with Crippen LogP contribution in [0.1, 0.15) is 38.4 Å². The van der Waals surface area contributed by atoms with Gasteiger partial charge in [0, 0.05) is 24.8 Å². The summed E-state index contributed by atoms with van der Waals surface area (Å²) in [6, 6.07) is 3.85. The Labute approximate surface area is 97.1 Å². The monoisotopic (exact) mass is 220 g/mol. The van der Waals surface area contributed by atoms with Crippen molar-refractivity contribution in [2.24, 2.45) is 5.92 Å². The summed E-state index contributed by atoms with van der Waals surface area (Å²) in [6.45, 7) is 6.18. The minimum absolute atomic E-state index is 0.444. The molecule has 0 radical (unpaired) electrons. The first-order chi connectivity index (χ1) is 7.68. The molecule has 88 valence electrons. The van der Waals surface area contributed by atoms with Crippen molar-refractivity contribution in [3.05, 3.63) is 23.9 Å². The number of hydrogen-bond donors (Lipinski definition) is 1. The molecule has 1 saturated heterocycles. The molecule has 2 rings (SSSR count). The van der Waals surface area contributed by atoms with E-state index in [1.807, 2.05) is 12.1 Å². The zero-order chi connectivity index (χ0) is 11.5. The number of aliphatic hydroxyl groups is 1. The molecule has 0 amide bonds. The van der Waals surface area contributed by atoms with Gasteiger partial charge in [0.1, 0.15) is 5.82 Å². The zero-order valence-electron chi connectivity index (χ0n) is 10.1. The number of nitrogens with zero attached hydrogens (tertiary/aromatic N) is 2. The molecular weight excluding hydrogens is 200 g/mol. The Balaban J connectivity index is 2.25. The normalized spacial score (nSPS) is 23.2. The van der Waals surface area contributed by atoms with Gasteiger partial charge in [0.25, 0.3) is 0 Å². The number of pyridine rings is 1. The van der Waals surface area contributed by atoms with Crippen molar-refractivity contribution >= 4 is 5.82 Å². The lowest BCUT2D eigenvalue weighted by atomic mass is 9.99. The molecule has 3 heteroatoms. The molecule has 16 heavy (non-hydrogen) atoms. The Morgan fingerprint density at radius 2 is 2.38 bits per heavy atom. The maximum atomic E-state index is 9.73. The fourth-order valence-electron chi connectivity index (χ4n) is 2.38. The number of piperidine rings is 1. The Kier molecular flexibility index (Phi) is 3.44. The first-order valence-corrected chi connectivity index (χ1v) is 6.06. The standard InChI is InChI=1S/C13H20N2O/c1-10-5-4-8-15(9-10)13-12(11(2)16)6-3-7-14-13/h3,6-7,10-11,16H,4-5,8-9H2,1-2H3/t10?,11-/m0/s1. The average Bonchev–Trinajstić information content (AvgIpc) is 2.29. The molecule has 1 aromatic heterocycles. The lowest BCUT2D eigenvalue weighted by Gasteiger charge is -2.33.